The van der Waals surface area contributed by atoms with E-state index in [2.05, 4.69) is 29.1 Å². The van der Waals surface area contributed by atoms with Gasteiger partial charge in [-0.15, -0.1) is 13.2 Å². The first-order valence-corrected chi connectivity index (χ1v) is 2.62. The summed E-state index contributed by atoms with van der Waals surface area (Å²) in [5, 5.41) is 0. The van der Waals surface area contributed by atoms with E-state index >= 15 is 0 Å². The molecule has 0 aliphatic rings. The minimum Gasteiger partial charge on any atom is -0.102 e. The Kier molecular flexibility index (Phi) is 3.14. The first-order chi connectivity index (χ1) is 2.81. The summed E-state index contributed by atoms with van der Waals surface area (Å²) in [6.45, 7) is 7.03. The average molecular weight is 147 g/mol. The van der Waals surface area contributed by atoms with E-state index in [4.69, 9.17) is 0 Å². The molecule has 0 aliphatic carbocycles. The Bertz CT molecular complexity index is 49.0. The van der Waals surface area contributed by atoms with Gasteiger partial charge in [0.05, 0.1) is 4.83 Å². The molecule has 6 heavy (non-hydrogen) atoms. The van der Waals surface area contributed by atoms with Crippen LogP contribution in [0.15, 0.2) is 25.3 Å². The molecule has 0 amide bonds. The number of rotatable bonds is 2. The molecule has 34 valence electrons. The van der Waals surface area contributed by atoms with Crippen molar-refractivity contribution in [2.24, 2.45) is 0 Å². The first-order valence-electron chi connectivity index (χ1n) is 1.70. The lowest BCUT2D eigenvalue weighted by Crippen LogP contribution is -1.78. The van der Waals surface area contributed by atoms with Gasteiger partial charge in [-0.05, 0) is 0 Å². The molecule has 0 heterocycles. The maximum atomic E-state index is 3.51. The Morgan fingerprint density at radius 3 is 1.67 bits per heavy atom. The molecular formula is C5H7Br. The summed E-state index contributed by atoms with van der Waals surface area (Å²) in [6.07, 6.45) is 3.54. The fourth-order valence-corrected chi connectivity index (χ4v) is 0.0962. The van der Waals surface area contributed by atoms with Crippen LogP contribution < -0.4 is 0 Å². The van der Waals surface area contributed by atoms with Crippen LogP contribution in [0.4, 0.5) is 0 Å². The van der Waals surface area contributed by atoms with E-state index in [1.54, 1.807) is 12.2 Å². The molecule has 0 rings (SSSR count). The van der Waals surface area contributed by atoms with Crippen LogP contribution in [0.5, 0.6) is 0 Å². The zero-order valence-electron chi connectivity index (χ0n) is 3.52. The monoisotopic (exact) mass is 146 g/mol. The molecule has 0 spiro atoms. The first kappa shape index (κ1) is 5.96. The maximum Gasteiger partial charge on any atom is 0.0500 e. The molecule has 0 N–H and O–H groups in total. The van der Waals surface area contributed by atoms with Crippen LogP contribution in [0.2, 0.25) is 0 Å². The molecule has 0 bridgehead atoms. The highest BCUT2D eigenvalue weighted by molar-refractivity contribution is 9.09. The predicted molar refractivity (Wildman–Crippen MR) is 33.1 cm³/mol. The molecule has 0 aromatic rings. The molecule has 1 heteroatoms. The summed E-state index contributed by atoms with van der Waals surface area (Å²) in [6, 6.07) is 0. The number of hydrogen-bond donors (Lipinski definition) is 0. The van der Waals surface area contributed by atoms with Gasteiger partial charge in [0, 0.05) is 0 Å². The van der Waals surface area contributed by atoms with Crippen molar-refractivity contribution in [2.45, 2.75) is 4.83 Å². The largest absolute Gasteiger partial charge is 0.102 e. The summed E-state index contributed by atoms with van der Waals surface area (Å²) < 4.78 is 0. The number of halogens is 1. The second-order valence-corrected chi connectivity index (χ2v) is 1.97. The van der Waals surface area contributed by atoms with E-state index in [1.165, 1.54) is 0 Å². The van der Waals surface area contributed by atoms with E-state index in [9.17, 15) is 0 Å². The highest BCUT2D eigenvalue weighted by atomic mass is 79.9. The molecule has 0 radical (unpaired) electrons. The van der Waals surface area contributed by atoms with Crippen molar-refractivity contribution in [3.05, 3.63) is 25.3 Å². The van der Waals surface area contributed by atoms with Gasteiger partial charge in [-0.1, -0.05) is 28.1 Å². The lowest BCUT2D eigenvalue weighted by atomic mass is 10.4. The topological polar surface area (TPSA) is 0 Å². The molecular weight excluding hydrogens is 140 g/mol. The normalized spacial score (nSPS) is 8.33. The molecule has 0 aromatic carbocycles. The Morgan fingerprint density at radius 2 is 1.67 bits per heavy atom. The van der Waals surface area contributed by atoms with Crippen LogP contribution in [0.1, 0.15) is 0 Å². The predicted octanol–water partition coefficient (Wildman–Crippen LogP) is 2.12. The van der Waals surface area contributed by atoms with Gasteiger partial charge in [0.25, 0.3) is 0 Å². The molecule has 0 fully saturated rings. The van der Waals surface area contributed by atoms with E-state index in [0.29, 0.717) is 0 Å². The molecule has 0 aliphatic heterocycles. The molecule has 0 saturated carbocycles. The molecule has 0 atom stereocenters. The van der Waals surface area contributed by atoms with Gasteiger partial charge in [-0.2, -0.15) is 0 Å². The number of hydrogen-bond acceptors (Lipinski definition) is 0. The second-order valence-electron chi connectivity index (χ2n) is 0.916. The molecule has 0 unspecified atom stereocenters. The average Bonchev–Trinajstić information content (AvgIpc) is 1.65. The van der Waals surface area contributed by atoms with E-state index in [1.807, 2.05) is 0 Å². The molecule has 0 aromatic heterocycles. The highest BCUT2D eigenvalue weighted by Gasteiger charge is 1.81. The maximum absolute atomic E-state index is 3.51. The number of alkyl halides is 1. The summed E-state index contributed by atoms with van der Waals surface area (Å²) in [4.78, 5) is 0.275. The summed E-state index contributed by atoms with van der Waals surface area (Å²) >= 11 is 3.24. The fraction of sp³-hybridized carbons (Fsp3) is 0.200. The van der Waals surface area contributed by atoms with Crippen molar-refractivity contribution >= 4 is 15.9 Å². The summed E-state index contributed by atoms with van der Waals surface area (Å²) in [5.41, 5.74) is 0. The Morgan fingerprint density at radius 1 is 1.33 bits per heavy atom. The Hall–Kier alpha value is -0.0400. The number of allylic oxidation sites excluding steroid dienone is 2. The van der Waals surface area contributed by atoms with E-state index in [0.717, 1.165) is 0 Å². The van der Waals surface area contributed by atoms with E-state index < -0.39 is 0 Å². The van der Waals surface area contributed by atoms with Crippen molar-refractivity contribution in [1.82, 2.24) is 0 Å². The fourth-order valence-electron chi connectivity index (χ4n) is 0.0962. The van der Waals surface area contributed by atoms with Gasteiger partial charge in [0.2, 0.25) is 0 Å². The van der Waals surface area contributed by atoms with Gasteiger partial charge in [0.1, 0.15) is 0 Å². The molecule has 0 saturated heterocycles. The van der Waals surface area contributed by atoms with Crippen LogP contribution in [0.25, 0.3) is 0 Å². The Balaban J connectivity index is 3.21. The second kappa shape index (κ2) is 3.16. The van der Waals surface area contributed by atoms with Gasteiger partial charge in [-0.25, -0.2) is 0 Å². The van der Waals surface area contributed by atoms with Crippen molar-refractivity contribution in [3.8, 4) is 0 Å². The van der Waals surface area contributed by atoms with Crippen molar-refractivity contribution in [3.63, 3.8) is 0 Å². The Labute approximate surface area is 46.7 Å². The highest BCUT2D eigenvalue weighted by Crippen LogP contribution is 1.98. The minimum absolute atomic E-state index is 0.275. The van der Waals surface area contributed by atoms with Gasteiger partial charge < -0.3 is 0 Å². The van der Waals surface area contributed by atoms with Gasteiger partial charge in [0.15, 0.2) is 0 Å². The van der Waals surface area contributed by atoms with Crippen LogP contribution in [-0.2, 0) is 0 Å². The van der Waals surface area contributed by atoms with Crippen molar-refractivity contribution in [1.29, 1.82) is 0 Å². The van der Waals surface area contributed by atoms with Crippen LogP contribution in [0.3, 0.4) is 0 Å². The van der Waals surface area contributed by atoms with Crippen LogP contribution >= 0.6 is 15.9 Å². The van der Waals surface area contributed by atoms with Gasteiger partial charge in [-0.3, -0.25) is 0 Å². The van der Waals surface area contributed by atoms with E-state index in [-0.39, 0.29) is 4.83 Å². The smallest absolute Gasteiger partial charge is 0.0500 e. The third-order valence-corrected chi connectivity index (χ3v) is 1.20. The van der Waals surface area contributed by atoms with Crippen molar-refractivity contribution < 1.29 is 0 Å². The van der Waals surface area contributed by atoms with Crippen LogP contribution in [0, 0.1) is 0 Å². The molecule has 0 nitrogen and oxygen atoms in total. The standard InChI is InChI=1S/C5H7Br/c1-3-5(6)4-2/h3-5H,1-2H2. The third kappa shape index (κ3) is 2.21. The third-order valence-electron chi connectivity index (χ3n) is 0.450. The quantitative estimate of drug-likeness (QED) is 0.414. The SMILES string of the molecule is C=CC(Br)C=C. The zero-order chi connectivity index (χ0) is 4.99. The minimum atomic E-state index is 0.275. The van der Waals surface area contributed by atoms with Crippen LogP contribution in [-0.4, -0.2) is 4.83 Å². The lowest BCUT2D eigenvalue weighted by Gasteiger charge is -1.85. The lowest BCUT2D eigenvalue weighted by molar-refractivity contribution is 1.48. The van der Waals surface area contributed by atoms with Crippen molar-refractivity contribution in [2.75, 3.05) is 0 Å². The summed E-state index contributed by atoms with van der Waals surface area (Å²) in [7, 11) is 0. The summed E-state index contributed by atoms with van der Waals surface area (Å²) in [5.74, 6) is 0. The van der Waals surface area contributed by atoms with Gasteiger partial charge >= 0.3 is 0 Å². The zero-order valence-corrected chi connectivity index (χ0v) is 5.11.